The van der Waals surface area contributed by atoms with E-state index < -0.39 is 0 Å². The van der Waals surface area contributed by atoms with Crippen LogP contribution in [-0.4, -0.2) is 11.6 Å². The Labute approximate surface area is 148 Å². The number of nitrogens with one attached hydrogen (secondary N) is 1. The van der Waals surface area contributed by atoms with Gasteiger partial charge in [0, 0.05) is 11.6 Å². The molecule has 1 N–H and O–H groups in total. The van der Waals surface area contributed by atoms with Crippen molar-refractivity contribution in [3.8, 4) is 0 Å². The summed E-state index contributed by atoms with van der Waals surface area (Å²) in [5, 5.41) is 3.93. The molecule has 1 aromatic rings. The van der Waals surface area contributed by atoms with Gasteiger partial charge in [-0.2, -0.15) is 0 Å². The Morgan fingerprint density at radius 3 is 2.75 bits per heavy atom. The van der Waals surface area contributed by atoms with Crippen LogP contribution in [0.4, 0.5) is 0 Å². The molecule has 1 aromatic carbocycles. The molecule has 3 unspecified atom stereocenters. The molecule has 0 aromatic heterocycles. The first-order chi connectivity index (χ1) is 11.4. The predicted octanol–water partition coefficient (Wildman–Crippen LogP) is 5.76. The fourth-order valence-corrected chi connectivity index (χ4v) is 3.47. The normalized spacial score (nSPS) is 26.0. The van der Waals surface area contributed by atoms with Crippen LogP contribution in [0.1, 0.15) is 51.2 Å². The Kier molecular flexibility index (Phi) is 6.62. The van der Waals surface area contributed by atoms with Crippen LogP contribution in [0.5, 0.6) is 0 Å². The van der Waals surface area contributed by atoms with Gasteiger partial charge in [-0.15, -0.1) is 0 Å². The van der Waals surface area contributed by atoms with E-state index in [1.165, 1.54) is 29.5 Å². The van der Waals surface area contributed by atoms with Crippen molar-refractivity contribution in [2.24, 2.45) is 5.92 Å². The maximum atomic E-state index is 3.93. The van der Waals surface area contributed by atoms with Gasteiger partial charge < -0.3 is 5.32 Å². The highest BCUT2D eigenvalue weighted by molar-refractivity contribution is 5.23. The Balaban J connectivity index is 1.87. The first-order valence-corrected chi connectivity index (χ1v) is 9.22. The zero-order valence-corrected chi connectivity index (χ0v) is 15.8. The van der Waals surface area contributed by atoms with Gasteiger partial charge in [-0.3, -0.25) is 0 Å². The summed E-state index contributed by atoms with van der Waals surface area (Å²) in [5.74, 6) is 0.634. The van der Waals surface area contributed by atoms with Crippen molar-refractivity contribution in [1.29, 1.82) is 0 Å². The lowest BCUT2D eigenvalue weighted by molar-refractivity contribution is 0.271. The third-order valence-corrected chi connectivity index (χ3v) is 5.54. The number of hydrogen-bond donors (Lipinski definition) is 1. The summed E-state index contributed by atoms with van der Waals surface area (Å²) in [5.41, 5.74) is 4.24. The molecule has 1 heteroatoms. The maximum absolute atomic E-state index is 3.93. The van der Waals surface area contributed by atoms with E-state index >= 15 is 0 Å². The number of hydrogen-bond acceptors (Lipinski definition) is 1. The van der Waals surface area contributed by atoms with Gasteiger partial charge in [-0.05, 0) is 57.9 Å². The summed E-state index contributed by atoms with van der Waals surface area (Å²) in [6.07, 6.45) is 13.3. The molecule has 0 bridgehead atoms. The van der Waals surface area contributed by atoms with Crippen molar-refractivity contribution < 1.29 is 0 Å². The predicted molar refractivity (Wildman–Crippen MR) is 106 cm³/mol. The lowest BCUT2D eigenvalue weighted by Gasteiger charge is -2.32. The highest BCUT2D eigenvalue weighted by Crippen LogP contribution is 2.33. The summed E-state index contributed by atoms with van der Waals surface area (Å²) >= 11 is 0. The molecule has 1 aliphatic heterocycles. The highest BCUT2D eigenvalue weighted by Gasteiger charge is 2.37. The number of aryl methyl sites for hydroxylation is 1. The summed E-state index contributed by atoms with van der Waals surface area (Å²) in [7, 11) is 0. The number of rotatable bonds is 7. The van der Waals surface area contributed by atoms with Crippen LogP contribution in [0.3, 0.4) is 0 Å². The molecule has 2 rings (SSSR count). The van der Waals surface area contributed by atoms with Crippen LogP contribution in [0.25, 0.3) is 0 Å². The van der Waals surface area contributed by atoms with E-state index in [1.807, 2.05) is 6.08 Å². The molecule has 0 aliphatic carbocycles. The smallest absolute Gasteiger partial charge is 0.0185 e. The largest absolute Gasteiger partial charge is 0.308 e. The summed E-state index contributed by atoms with van der Waals surface area (Å²) < 4.78 is 0. The first kappa shape index (κ1) is 18.7. The van der Waals surface area contributed by atoms with E-state index in [0.29, 0.717) is 12.0 Å². The quantitative estimate of drug-likeness (QED) is 0.629. The van der Waals surface area contributed by atoms with Gasteiger partial charge in [0.05, 0.1) is 0 Å². The lowest BCUT2D eigenvalue weighted by atomic mass is 9.83. The molecule has 0 saturated carbocycles. The van der Waals surface area contributed by atoms with Gasteiger partial charge in [0.15, 0.2) is 0 Å². The minimum Gasteiger partial charge on any atom is -0.308 e. The molecule has 1 aliphatic rings. The van der Waals surface area contributed by atoms with Gasteiger partial charge in [0.2, 0.25) is 0 Å². The highest BCUT2D eigenvalue weighted by atomic mass is 15.0. The molecule has 0 radical (unpaired) electrons. The molecule has 0 amide bonds. The first-order valence-electron chi connectivity index (χ1n) is 9.22. The molecule has 3 atom stereocenters. The van der Waals surface area contributed by atoms with Crippen molar-refractivity contribution in [3.05, 3.63) is 71.8 Å². The van der Waals surface area contributed by atoms with Gasteiger partial charge in [0.1, 0.15) is 0 Å². The Bertz CT molecular complexity index is 593. The molecule has 1 nitrogen and oxygen atoms in total. The average Bonchev–Trinajstić information content (AvgIpc) is 2.95. The third-order valence-electron chi connectivity index (χ3n) is 5.54. The van der Waals surface area contributed by atoms with Crippen molar-refractivity contribution in [2.45, 2.75) is 65.0 Å². The molecule has 0 spiro atoms. The second kappa shape index (κ2) is 8.48. The fraction of sp³-hybridized carbons (Fsp3) is 0.478. The topological polar surface area (TPSA) is 12.0 Å². The standard InChI is InChI=1S/C23H33N/c1-6-18(2)9-7-8-10-20(4)23(5)16-15-22(24-23)17-21-13-11-19(3)12-14-21/h6-9,11-14,20,22,24H,1,10,15-17H2,2-5H3/b8-7-,18-9-. The monoisotopic (exact) mass is 323 g/mol. The van der Waals surface area contributed by atoms with Gasteiger partial charge in [0.25, 0.3) is 0 Å². The lowest BCUT2D eigenvalue weighted by Crippen LogP contribution is -2.46. The summed E-state index contributed by atoms with van der Waals surface area (Å²) in [6, 6.07) is 9.58. The van der Waals surface area contributed by atoms with Crippen LogP contribution in [-0.2, 0) is 6.42 Å². The molecule has 1 saturated heterocycles. The van der Waals surface area contributed by atoms with Gasteiger partial charge in [-0.1, -0.05) is 73.2 Å². The van der Waals surface area contributed by atoms with E-state index in [1.54, 1.807) is 0 Å². The van der Waals surface area contributed by atoms with Gasteiger partial charge in [-0.25, -0.2) is 0 Å². The van der Waals surface area contributed by atoms with Crippen LogP contribution in [0.2, 0.25) is 0 Å². The van der Waals surface area contributed by atoms with Crippen LogP contribution < -0.4 is 5.32 Å². The van der Waals surface area contributed by atoms with Crippen molar-refractivity contribution in [2.75, 3.05) is 0 Å². The molecular formula is C23H33N. The van der Waals surface area contributed by atoms with E-state index in [-0.39, 0.29) is 5.54 Å². The van der Waals surface area contributed by atoms with E-state index in [9.17, 15) is 0 Å². The molecule has 1 fully saturated rings. The SMILES string of the molecule is C=C/C(C)=C\C=C/CC(C)C1(C)CCC(Cc2ccc(C)cc2)N1. The van der Waals surface area contributed by atoms with E-state index in [2.05, 4.69) is 82.1 Å². The molecule has 130 valence electrons. The minimum absolute atomic E-state index is 0.247. The van der Waals surface area contributed by atoms with Crippen molar-refractivity contribution >= 4 is 0 Å². The summed E-state index contributed by atoms with van der Waals surface area (Å²) in [4.78, 5) is 0. The van der Waals surface area contributed by atoms with Crippen molar-refractivity contribution in [3.63, 3.8) is 0 Å². The molecular weight excluding hydrogens is 290 g/mol. The second-order valence-corrected chi connectivity index (χ2v) is 7.67. The second-order valence-electron chi connectivity index (χ2n) is 7.67. The number of benzene rings is 1. The third kappa shape index (κ3) is 5.21. The zero-order chi connectivity index (χ0) is 17.6. The Morgan fingerprint density at radius 1 is 1.38 bits per heavy atom. The summed E-state index contributed by atoms with van der Waals surface area (Å²) in [6.45, 7) is 12.8. The molecule has 24 heavy (non-hydrogen) atoms. The van der Waals surface area contributed by atoms with E-state index in [4.69, 9.17) is 0 Å². The average molecular weight is 324 g/mol. The van der Waals surface area contributed by atoms with Crippen LogP contribution >= 0.6 is 0 Å². The molecule has 1 heterocycles. The van der Waals surface area contributed by atoms with E-state index in [0.717, 1.165) is 12.8 Å². The fourth-order valence-electron chi connectivity index (χ4n) is 3.47. The Morgan fingerprint density at radius 2 is 2.08 bits per heavy atom. The minimum atomic E-state index is 0.247. The van der Waals surface area contributed by atoms with Crippen LogP contribution in [0.15, 0.2) is 60.7 Å². The van der Waals surface area contributed by atoms with Crippen LogP contribution in [0, 0.1) is 12.8 Å². The maximum Gasteiger partial charge on any atom is 0.0185 e. The Hall–Kier alpha value is -1.60. The van der Waals surface area contributed by atoms with Gasteiger partial charge >= 0.3 is 0 Å². The number of allylic oxidation sites excluding steroid dienone is 5. The van der Waals surface area contributed by atoms with Crippen molar-refractivity contribution in [1.82, 2.24) is 5.32 Å². The zero-order valence-electron chi connectivity index (χ0n) is 15.8.